The lowest BCUT2D eigenvalue weighted by Crippen LogP contribution is -2.11. The summed E-state index contributed by atoms with van der Waals surface area (Å²) >= 11 is 6.16. The maximum absolute atomic E-state index is 8.97. The minimum Gasteiger partial charge on any atom is -0.392 e. The van der Waals surface area contributed by atoms with Crippen LogP contribution in [0.2, 0.25) is 5.02 Å². The largest absolute Gasteiger partial charge is 0.392 e. The normalized spacial score (nSPS) is 20.8. The van der Waals surface area contributed by atoms with Crippen LogP contribution in [0.5, 0.6) is 0 Å². The molecule has 0 radical (unpaired) electrons. The predicted molar refractivity (Wildman–Crippen MR) is 62.1 cm³/mol. The molecule has 1 aliphatic heterocycles. The lowest BCUT2D eigenvalue weighted by atomic mass is 9.98. The van der Waals surface area contributed by atoms with Crippen molar-refractivity contribution in [3.63, 3.8) is 0 Å². The number of rotatable bonds is 3. The first kappa shape index (κ1) is 10.9. The Hall–Kier alpha value is -0.570. The summed E-state index contributed by atoms with van der Waals surface area (Å²) in [5, 5.41) is 13.1. The lowest BCUT2D eigenvalue weighted by Gasteiger charge is -2.10. The third-order valence-electron chi connectivity index (χ3n) is 2.97. The van der Waals surface area contributed by atoms with Crippen molar-refractivity contribution in [2.75, 3.05) is 13.1 Å². The van der Waals surface area contributed by atoms with Crippen LogP contribution >= 0.6 is 11.6 Å². The van der Waals surface area contributed by atoms with E-state index in [4.69, 9.17) is 16.7 Å². The summed E-state index contributed by atoms with van der Waals surface area (Å²) in [4.78, 5) is 0. The van der Waals surface area contributed by atoms with Gasteiger partial charge in [0, 0.05) is 5.02 Å². The Balaban J connectivity index is 2.07. The smallest absolute Gasteiger partial charge is 0.0682 e. The van der Waals surface area contributed by atoms with Crippen molar-refractivity contribution in [1.82, 2.24) is 5.32 Å². The van der Waals surface area contributed by atoms with Crippen LogP contribution in [0.15, 0.2) is 18.2 Å². The predicted octanol–water partition coefficient (Wildman–Crippen LogP) is 1.98. The number of nitrogens with one attached hydrogen (secondary N) is 1. The molecule has 1 heterocycles. The van der Waals surface area contributed by atoms with Crippen LogP contribution in [-0.2, 0) is 13.0 Å². The van der Waals surface area contributed by atoms with Crippen molar-refractivity contribution in [3.05, 3.63) is 34.3 Å². The summed E-state index contributed by atoms with van der Waals surface area (Å²) in [7, 11) is 0. The van der Waals surface area contributed by atoms with Gasteiger partial charge in [0.1, 0.15) is 0 Å². The first-order valence-corrected chi connectivity index (χ1v) is 5.76. The highest BCUT2D eigenvalue weighted by Crippen LogP contribution is 2.23. The van der Waals surface area contributed by atoms with E-state index in [9.17, 15) is 0 Å². The van der Waals surface area contributed by atoms with Crippen LogP contribution < -0.4 is 5.32 Å². The SMILES string of the molecule is OCc1ccc(CC2CCNC2)c(Cl)c1. The zero-order chi connectivity index (χ0) is 10.7. The van der Waals surface area contributed by atoms with Crippen LogP contribution in [-0.4, -0.2) is 18.2 Å². The molecular formula is C12H16ClNO. The maximum atomic E-state index is 8.97. The number of aliphatic hydroxyl groups is 1. The molecule has 1 fully saturated rings. The topological polar surface area (TPSA) is 32.3 Å². The second-order valence-electron chi connectivity index (χ2n) is 4.15. The Morgan fingerprint density at radius 2 is 2.33 bits per heavy atom. The van der Waals surface area contributed by atoms with E-state index in [1.807, 2.05) is 18.2 Å². The van der Waals surface area contributed by atoms with Crippen molar-refractivity contribution < 1.29 is 5.11 Å². The average molecular weight is 226 g/mol. The summed E-state index contributed by atoms with van der Waals surface area (Å²) in [5.41, 5.74) is 2.08. The molecule has 0 amide bonds. The van der Waals surface area contributed by atoms with E-state index in [0.29, 0.717) is 5.92 Å². The van der Waals surface area contributed by atoms with E-state index in [1.165, 1.54) is 12.0 Å². The van der Waals surface area contributed by atoms with Crippen molar-refractivity contribution in [3.8, 4) is 0 Å². The van der Waals surface area contributed by atoms with Gasteiger partial charge >= 0.3 is 0 Å². The molecule has 1 aromatic rings. The quantitative estimate of drug-likeness (QED) is 0.825. The van der Waals surface area contributed by atoms with E-state index in [2.05, 4.69) is 5.32 Å². The minimum atomic E-state index is 0.0605. The molecule has 82 valence electrons. The van der Waals surface area contributed by atoms with E-state index in [0.717, 1.165) is 30.1 Å². The average Bonchev–Trinajstić information content (AvgIpc) is 2.74. The van der Waals surface area contributed by atoms with Crippen molar-refractivity contribution in [1.29, 1.82) is 0 Å². The van der Waals surface area contributed by atoms with Gasteiger partial charge < -0.3 is 10.4 Å². The highest BCUT2D eigenvalue weighted by molar-refractivity contribution is 6.31. The number of aliphatic hydroxyl groups excluding tert-OH is 1. The van der Waals surface area contributed by atoms with Crippen LogP contribution in [0.3, 0.4) is 0 Å². The monoisotopic (exact) mass is 225 g/mol. The van der Waals surface area contributed by atoms with Gasteiger partial charge in [0.25, 0.3) is 0 Å². The Labute approximate surface area is 95.3 Å². The number of hydrogen-bond acceptors (Lipinski definition) is 2. The van der Waals surface area contributed by atoms with Crippen LogP contribution in [0.25, 0.3) is 0 Å². The maximum Gasteiger partial charge on any atom is 0.0682 e. The molecule has 2 nitrogen and oxygen atoms in total. The van der Waals surface area contributed by atoms with Gasteiger partial charge in [0.2, 0.25) is 0 Å². The van der Waals surface area contributed by atoms with E-state index in [-0.39, 0.29) is 6.61 Å². The van der Waals surface area contributed by atoms with Gasteiger partial charge in [-0.2, -0.15) is 0 Å². The molecule has 1 aromatic carbocycles. The van der Waals surface area contributed by atoms with Gasteiger partial charge in [-0.25, -0.2) is 0 Å². The van der Waals surface area contributed by atoms with E-state index >= 15 is 0 Å². The first-order chi connectivity index (χ1) is 7.29. The van der Waals surface area contributed by atoms with Crippen molar-refractivity contribution in [2.24, 2.45) is 5.92 Å². The molecule has 0 aliphatic carbocycles. The molecule has 1 saturated heterocycles. The molecule has 1 atom stereocenters. The van der Waals surface area contributed by atoms with Gasteiger partial charge in [-0.3, -0.25) is 0 Å². The molecule has 15 heavy (non-hydrogen) atoms. The molecule has 0 spiro atoms. The fourth-order valence-electron chi connectivity index (χ4n) is 2.05. The van der Waals surface area contributed by atoms with Gasteiger partial charge in [0.15, 0.2) is 0 Å². The minimum absolute atomic E-state index is 0.0605. The second-order valence-corrected chi connectivity index (χ2v) is 4.55. The Bertz CT molecular complexity index is 334. The Morgan fingerprint density at radius 1 is 1.47 bits per heavy atom. The summed E-state index contributed by atoms with van der Waals surface area (Å²) in [6, 6.07) is 5.84. The van der Waals surface area contributed by atoms with Gasteiger partial charge in [-0.05, 0) is 49.0 Å². The molecule has 0 saturated carbocycles. The number of halogens is 1. The second kappa shape index (κ2) is 4.97. The van der Waals surface area contributed by atoms with E-state index < -0.39 is 0 Å². The molecule has 3 heteroatoms. The fraction of sp³-hybridized carbons (Fsp3) is 0.500. The van der Waals surface area contributed by atoms with E-state index in [1.54, 1.807) is 0 Å². The fourth-order valence-corrected chi connectivity index (χ4v) is 2.33. The summed E-state index contributed by atoms with van der Waals surface area (Å²) in [6.45, 7) is 2.28. The number of benzene rings is 1. The van der Waals surface area contributed by atoms with Crippen molar-refractivity contribution in [2.45, 2.75) is 19.4 Å². The molecule has 1 aliphatic rings. The molecule has 2 rings (SSSR count). The highest BCUT2D eigenvalue weighted by atomic mass is 35.5. The zero-order valence-corrected chi connectivity index (χ0v) is 9.43. The summed E-state index contributed by atoms with van der Waals surface area (Å²) in [5.74, 6) is 0.711. The Morgan fingerprint density at radius 3 is 2.93 bits per heavy atom. The van der Waals surface area contributed by atoms with Crippen LogP contribution in [0.4, 0.5) is 0 Å². The molecular weight excluding hydrogens is 210 g/mol. The summed E-state index contributed by atoms with van der Waals surface area (Å²) in [6.07, 6.45) is 2.27. The van der Waals surface area contributed by atoms with Crippen LogP contribution in [0.1, 0.15) is 17.5 Å². The standard InChI is InChI=1S/C12H16ClNO/c13-12-6-10(8-15)1-2-11(12)5-9-3-4-14-7-9/h1-2,6,9,14-15H,3-5,7-8H2. The molecule has 2 N–H and O–H groups in total. The first-order valence-electron chi connectivity index (χ1n) is 5.38. The molecule has 0 bridgehead atoms. The zero-order valence-electron chi connectivity index (χ0n) is 8.67. The lowest BCUT2D eigenvalue weighted by molar-refractivity contribution is 0.282. The molecule has 0 aromatic heterocycles. The third kappa shape index (κ3) is 2.71. The van der Waals surface area contributed by atoms with Gasteiger partial charge in [-0.15, -0.1) is 0 Å². The van der Waals surface area contributed by atoms with Gasteiger partial charge in [0.05, 0.1) is 6.61 Å². The van der Waals surface area contributed by atoms with Crippen LogP contribution in [0, 0.1) is 5.92 Å². The summed E-state index contributed by atoms with van der Waals surface area (Å²) < 4.78 is 0. The Kier molecular flexibility index (Phi) is 3.62. The highest BCUT2D eigenvalue weighted by Gasteiger charge is 2.16. The number of hydrogen-bond donors (Lipinski definition) is 2. The van der Waals surface area contributed by atoms with Gasteiger partial charge in [-0.1, -0.05) is 23.7 Å². The molecule has 1 unspecified atom stereocenters. The third-order valence-corrected chi connectivity index (χ3v) is 3.32. The van der Waals surface area contributed by atoms with Crippen molar-refractivity contribution >= 4 is 11.6 Å².